The van der Waals surface area contributed by atoms with Gasteiger partial charge in [0.05, 0.1) is 17.4 Å². The van der Waals surface area contributed by atoms with E-state index in [-0.39, 0.29) is 17.4 Å². The fourth-order valence-corrected chi connectivity index (χ4v) is 4.43. The number of hydrogen-bond donors (Lipinski definition) is 1. The van der Waals surface area contributed by atoms with E-state index in [0.29, 0.717) is 23.4 Å². The zero-order chi connectivity index (χ0) is 23.4. The minimum atomic E-state index is -0.143. The van der Waals surface area contributed by atoms with Crippen LogP contribution in [0.3, 0.4) is 0 Å². The molecular formula is C25H32N6O2. The molecule has 1 saturated heterocycles. The van der Waals surface area contributed by atoms with Crippen LogP contribution in [0.4, 0.5) is 11.6 Å². The van der Waals surface area contributed by atoms with Crippen molar-refractivity contribution < 1.29 is 4.79 Å². The first-order chi connectivity index (χ1) is 16.0. The maximum atomic E-state index is 12.7. The number of hydrogen-bond acceptors (Lipinski definition) is 6. The van der Waals surface area contributed by atoms with Crippen LogP contribution in [0.15, 0.2) is 47.4 Å². The van der Waals surface area contributed by atoms with E-state index in [2.05, 4.69) is 38.6 Å². The number of pyridine rings is 1. The summed E-state index contributed by atoms with van der Waals surface area (Å²) in [7, 11) is 1.82. The number of nitrogens with one attached hydrogen (secondary N) is 1. The molecule has 3 heterocycles. The van der Waals surface area contributed by atoms with E-state index >= 15 is 0 Å². The summed E-state index contributed by atoms with van der Waals surface area (Å²) in [5.74, 6) is 0.978. The van der Waals surface area contributed by atoms with Crippen molar-refractivity contribution in [1.29, 1.82) is 0 Å². The Labute approximate surface area is 194 Å². The maximum Gasteiger partial charge on any atom is 0.259 e. The summed E-state index contributed by atoms with van der Waals surface area (Å²) in [6.45, 7) is 7.78. The molecule has 1 N–H and O–H groups in total. The average molecular weight is 449 g/mol. The third-order valence-electron chi connectivity index (χ3n) is 6.55. The highest BCUT2D eigenvalue weighted by Gasteiger charge is 2.24. The molecule has 8 heteroatoms. The topological polar surface area (TPSA) is 85.4 Å². The van der Waals surface area contributed by atoms with Gasteiger partial charge in [0.1, 0.15) is 0 Å². The first kappa shape index (κ1) is 22.9. The van der Waals surface area contributed by atoms with Gasteiger partial charge in [0.25, 0.3) is 5.56 Å². The van der Waals surface area contributed by atoms with Crippen LogP contribution in [0.25, 0.3) is 10.9 Å². The number of likely N-dealkylation sites (N-methyl/N-ethyl adjacent to an activating group) is 1. The molecule has 1 aromatic carbocycles. The summed E-state index contributed by atoms with van der Waals surface area (Å²) in [4.78, 5) is 43.5. The van der Waals surface area contributed by atoms with Crippen molar-refractivity contribution in [2.75, 3.05) is 49.6 Å². The number of benzene rings is 1. The predicted octanol–water partition coefficient (Wildman–Crippen LogP) is 3.01. The van der Waals surface area contributed by atoms with Gasteiger partial charge in [0.15, 0.2) is 0 Å². The molecule has 0 aliphatic carbocycles. The summed E-state index contributed by atoms with van der Waals surface area (Å²) in [5, 5.41) is 0.515. The number of H-pyrrole nitrogens is 1. The van der Waals surface area contributed by atoms with E-state index in [4.69, 9.17) is 0 Å². The molecule has 0 bridgehead atoms. The van der Waals surface area contributed by atoms with Gasteiger partial charge >= 0.3 is 0 Å². The lowest BCUT2D eigenvalue weighted by molar-refractivity contribution is -0.119. The van der Waals surface area contributed by atoms with Crippen molar-refractivity contribution in [3.63, 3.8) is 0 Å². The van der Waals surface area contributed by atoms with Crippen LogP contribution in [0.5, 0.6) is 0 Å². The largest absolute Gasteiger partial charge is 0.341 e. The van der Waals surface area contributed by atoms with Crippen molar-refractivity contribution >= 4 is 28.4 Å². The molecule has 1 fully saturated rings. The first-order valence-corrected chi connectivity index (χ1v) is 11.7. The highest BCUT2D eigenvalue weighted by Crippen LogP contribution is 2.27. The third-order valence-corrected chi connectivity index (χ3v) is 6.55. The lowest BCUT2D eigenvalue weighted by Gasteiger charge is -2.32. The predicted molar refractivity (Wildman–Crippen MR) is 132 cm³/mol. The van der Waals surface area contributed by atoms with Crippen LogP contribution in [-0.4, -0.2) is 65.5 Å². The number of carbonyl (C=O) groups is 1. The van der Waals surface area contributed by atoms with Gasteiger partial charge in [-0.1, -0.05) is 18.2 Å². The molecule has 2 aromatic heterocycles. The Morgan fingerprint density at radius 1 is 1.15 bits per heavy atom. The highest BCUT2D eigenvalue weighted by molar-refractivity contribution is 5.94. The number of anilines is 2. The van der Waals surface area contributed by atoms with Gasteiger partial charge in [0.2, 0.25) is 11.9 Å². The summed E-state index contributed by atoms with van der Waals surface area (Å²) < 4.78 is 0. The van der Waals surface area contributed by atoms with E-state index in [1.54, 1.807) is 11.1 Å². The number of carbonyl (C=O) groups excluding carboxylic acids is 1. The van der Waals surface area contributed by atoms with Crippen molar-refractivity contribution in [2.45, 2.75) is 32.6 Å². The second-order valence-corrected chi connectivity index (χ2v) is 8.53. The van der Waals surface area contributed by atoms with Crippen LogP contribution < -0.4 is 15.4 Å². The smallest absolute Gasteiger partial charge is 0.259 e. The van der Waals surface area contributed by atoms with Gasteiger partial charge in [-0.25, -0.2) is 9.97 Å². The quantitative estimate of drug-likeness (QED) is 0.598. The van der Waals surface area contributed by atoms with Gasteiger partial charge in [-0.3, -0.25) is 14.5 Å². The Kier molecular flexibility index (Phi) is 7.03. The van der Waals surface area contributed by atoms with Crippen LogP contribution >= 0.6 is 0 Å². The molecule has 1 aliphatic rings. The van der Waals surface area contributed by atoms with Crippen molar-refractivity contribution in [2.24, 2.45) is 0 Å². The maximum absolute atomic E-state index is 12.7. The summed E-state index contributed by atoms with van der Waals surface area (Å²) in [5.41, 5.74) is 2.37. The van der Waals surface area contributed by atoms with Gasteiger partial charge in [-0.05, 0) is 58.0 Å². The SMILES string of the molecule is CCN(CC)c1ncc2c(=O)[nH]c(C3CCN(CC(=O)N(C)c4ccccc4)CC3)cc2n1. The Hall–Kier alpha value is -3.26. The third kappa shape index (κ3) is 5.06. The molecule has 8 nitrogen and oxygen atoms in total. The number of piperidine rings is 1. The number of fused-ring (bicyclic) bond motifs is 1. The van der Waals surface area contributed by atoms with Crippen LogP contribution in [-0.2, 0) is 4.79 Å². The first-order valence-electron chi connectivity index (χ1n) is 11.7. The van der Waals surface area contributed by atoms with Gasteiger partial charge in [-0.15, -0.1) is 0 Å². The second kappa shape index (κ2) is 10.1. The summed E-state index contributed by atoms with van der Waals surface area (Å²) in [6.07, 6.45) is 3.39. The Morgan fingerprint density at radius 2 is 1.85 bits per heavy atom. The molecule has 0 radical (unpaired) electrons. The monoisotopic (exact) mass is 448 g/mol. The van der Waals surface area contributed by atoms with Gasteiger partial charge in [-0.2, -0.15) is 0 Å². The second-order valence-electron chi connectivity index (χ2n) is 8.53. The molecule has 33 heavy (non-hydrogen) atoms. The number of para-hydroxylation sites is 1. The molecule has 1 aliphatic heterocycles. The van der Waals surface area contributed by atoms with Crippen LogP contribution in [0.1, 0.15) is 38.3 Å². The van der Waals surface area contributed by atoms with E-state index in [0.717, 1.165) is 50.4 Å². The van der Waals surface area contributed by atoms with Gasteiger partial charge in [0, 0.05) is 43.6 Å². The number of likely N-dealkylation sites (tertiary alicyclic amines) is 1. The van der Waals surface area contributed by atoms with E-state index in [1.165, 1.54) is 0 Å². The zero-order valence-corrected chi connectivity index (χ0v) is 19.6. The highest BCUT2D eigenvalue weighted by atomic mass is 16.2. The molecule has 0 atom stereocenters. The molecule has 0 unspecified atom stereocenters. The van der Waals surface area contributed by atoms with Crippen molar-refractivity contribution in [3.8, 4) is 0 Å². The number of aromatic nitrogens is 3. The molecule has 174 valence electrons. The summed E-state index contributed by atoms with van der Waals surface area (Å²) in [6, 6.07) is 11.7. The van der Waals surface area contributed by atoms with E-state index in [1.807, 2.05) is 43.4 Å². The fourth-order valence-electron chi connectivity index (χ4n) is 4.43. The minimum Gasteiger partial charge on any atom is -0.341 e. The van der Waals surface area contributed by atoms with E-state index < -0.39 is 0 Å². The van der Waals surface area contributed by atoms with E-state index in [9.17, 15) is 9.59 Å². The number of rotatable bonds is 7. The molecule has 4 rings (SSSR count). The normalized spacial score (nSPS) is 15.0. The number of aromatic amines is 1. The number of nitrogens with zero attached hydrogens (tertiary/aromatic N) is 5. The lowest BCUT2D eigenvalue weighted by Crippen LogP contribution is -2.42. The molecule has 1 amide bonds. The average Bonchev–Trinajstić information content (AvgIpc) is 2.85. The van der Waals surface area contributed by atoms with Crippen LogP contribution in [0.2, 0.25) is 0 Å². The number of amides is 1. The fraction of sp³-hybridized carbons (Fsp3) is 0.440. The molecule has 0 spiro atoms. The Balaban J connectivity index is 1.43. The van der Waals surface area contributed by atoms with Crippen molar-refractivity contribution in [3.05, 3.63) is 58.6 Å². The van der Waals surface area contributed by atoms with Crippen LogP contribution in [0, 0.1) is 0 Å². The Morgan fingerprint density at radius 3 is 2.52 bits per heavy atom. The molecule has 3 aromatic rings. The summed E-state index contributed by atoms with van der Waals surface area (Å²) >= 11 is 0. The standard InChI is InChI=1S/C25H32N6O2/c1-4-31(5-2)25-26-16-20-22(28-25)15-21(27-24(20)33)18-11-13-30(14-12-18)17-23(32)29(3)19-9-7-6-8-10-19/h6-10,15-16,18H,4-5,11-14,17H2,1-3H3,(H,27,33). The zero-order valence-electron chi connectivity index (χ0n) is 19.6. The molecule has 0 saturated carbocycles. The minimum absolute atomic E-state index is 0.0828. The van der Waals surface area contributed by atoms with Crippen molar-refractivity contribution in [1.82, 2.24) is 19.9 Å². The molecular weight excluding hydrogens is 416 g/mol. The Bertz CT molecular complexity index is 1150. The van der Waals surface area contributed by atoms with Gasteiger partial charge < -0.3 is 14.8 Å². The lowest BCUT2D eigenvalue weighted by atomic mass is 9.92.